The monoisotopic (exact) mass is 275 g/mol. The topological polar surface area (TPSA) is 37.4 Å². The Morgan fingerprint density at radius 2 is 1.56 bits per heavy atom. The van der Waals surface area contributed by atoms with Gasteiger partial charge < -0.3 is 0 Å². The predicted octanol–water partition coefficient (Wildman–Crippen LogP) is 2.79. The minimum Gasteiger partial charge on any atom is -0.269 e. The van der Waals surface area contributed by atoms with Crippen LogP contribution in [0, 0.1) is 0 Å². The largest absolute Gasteiger partial charge is 0.416 e. The molecule has 1 aliphatic rings. The van der Waals surface area contributed by atoms with Gasteiger partial charge in [-0.15, -0.1) is 0 Å². The average Bonchev–Trinajstić information content (AvgIpc) is 2.56. The van der Waals surface area contributed by atoms with Crippen LogP contribution in [0.5, 0.6) is 0 Å². The quantitative estimate of drug-likeness (QED) is 0.739. The summed E-state index contributed by atoms with van der Waals surface area (Å²) in [5.41, 5.74) is -1.22. The van der Waals surface area contributed by atoms with Gasteiger partial charge in [0.05, 0.1) is 11.3 Å². The van der Waals surface area contributed by atoms with Gasteiger partial charge in [-0.25, -0.2) is 4.90 Å². The summed E-state index contributed by atoms with van der Waals surface area (Å²) in [5.74, 6) is -1.40. The third-order valence-electron chi connectivity index (χ3n) is 2.28. The zero-order valence-corrected chi connectivity index (χ0v) is 9.42. The van der Waals surface area contributed by atoms with Gasteiger partial charge in [-0.2, -0.15) is 13.2 Å². The molecule has 1 aromatic carbocycles. The van der Waals surface area contributed by atoms with Crippen LogP contribution in [-0.4, -0.2) is 11.8 Å². The SMILES string of the molecule is O=C1C=CC(=O)N1c1cc(Cl)cc(C(F)(F)F)c1. The van der Waals surface area contributed by atoms with Crippen molar-refractivity contribution in [2.75, 3.05) is 4.90 Å². The van der Waals surface area contributed by atoms with Crippen molar-refractivity contribution < 1.29 is 22.8 Å². The zero-order valence-electron chi connectivity index (χ0n) is 8.66. The van der Waals surface area contributed by atoms with E-state index >= 15 is 0 Å². The molecule has 2 rings (SSSR count). The predicted molar refractivity (Wildman–Crippen MR) is 58.1 cm³/mol. The summed E-state index contributed by atoms with van der Waals surface area (Å²) in [7, 11) is 0. The summed E-state index contributed by atoms with van der Waals surface area (Å²) in [5, 5.41) is -0.202. The molecule has 2 amide bonds. The second-order valence-corrected chi connectivity index (χ2v) is 3.98. The molecule has 0 N–H and O–H groups in total. The first-order chi connectivity index (χ1) is 8.29. The van der Waals surface area contributed by atoms with Crippen LogP contribution in [0.25, 0.3) is 0 Å². The Balaban J connectivity index is 2.50. The Morgan fingerprint density at radius 1 is 1.00 bits per heavy atom. The molecule has 0 radical (unpaired) electrons. The van der Waals surface area contributed by atoms with E-state index in [0.717, 1.165) is 24.3 Å². The minimum absolute atomic E-state index is 0.199. The molecule has 3 nitrogen and oxygen atoms in total. The fourth-order valence-corrected chi connectivity index (χ4v) is 1.75. The van der Waals surface area contributed by atoms with Gasteiger partial charge in [0.15, 0.2) is 0 Å². The van der Waals surface area contributed by atoms with Crippen molar-refractivity contribution >= 4 is 29.1 Å². The zero-order chi connectivity index (χ0) is 13.5. The lowest BCUT2D eigenvalue weighted by Crippen LogP contribution is -2.29. The third kappa shape index (κ3) is 2.24. The Kier molecular flexibility index (Phi) is 2.90. The van der Waals surface area contributed by atoms with Gasteiger partial charge in [0.1, 0.15) is 0 Å². The highest BCUT2D eigenvalue weighted by Gasteiger charge is 2.33. The Morgan fingerprint density at radius 3 is 2.06 bits per heavy atom. The highest BCUT2D eigenvalue weighted by Crippen LogP contribution is 2.34. The van der Waals surface area contributed by atoms with Crippen LogP contribution in [-0.2, 0) is 15.8 Å². The normalized spacial score (nSPS) is 15.7. The maximum Gasteiger partial charge on any atom is 0.416 e. The van der Waals surface area contributed by atoms with Gasteiger partial charge in [-0.05, 0) is 18.2 Å². The van der Waals surface area contributed by atoms with Gasteiger partial charge in [0, 0.05) is 17.2 Å². The Labute approximate surface area is 104 Å². The van der Waals surface area contributed by atoms with Crippen molar-refractivity contribution in [3.63, 3.8) is 0 Å². The maximum atomic E-state index is 12.6. The summed E-state index contributed by atoms with van der Waals surface area (Å²) in [6.45, 7) is 0. The van der Waals surface area contributed by atoms with Crippen LogP contribution in [0.3, 0.4) is 0 Å². The van der Waals surface area contributed by atoms with Crippen molar-refractivity contribution in [3.05, 3.63) is 40.9 Å². The standard InChI is InChI=1S/C11H5ClF3NO2/c12-7-3-6(11(13,14)15)4-8(5-7)16-9(17)1-2-10(16)18/h1-5H. The summed E-state index contributed by atoms with van der Waals surface area (Å²) < 4.78 is 37.7. The molecule has 0 saturated carbocycles. The summed E-state index contributed by atoms with van der Waals surface area (Å²) in [6.07, 6.45) is -2.63. The van der Waals surface area contributed by atoms with Crippen molar-refractivity contribution in [2.24, 2.45) is 0 Å². The third-order valence-corrected chi connectivity index (χ3v) is 2.50. The van der Waals surface area contributed by atoms with Crippen LogP contribution in [0.15, 0.2) is 30.4 Å². The van der Waals surface area contributed by atoms with Gasteiger partial charge >= 0.3 is 6.18 Å². The molecule has 0 bridgehead atoms. The smallest absolute Gasteiger partial charge is 0.269 e. The van der Waals surface area contributed by atoms with E-state index in [1.54, 1.807) is 0 Å². The van der Waals surface area contributed by atoms with Crippen LogP contribution in [0.4, 0.5) is 18.9 Å². The van der Waals surface area contributed by atoms with E-state index < -0.39 is 23.6 Å². The lowest BCUT2D eigenvalue weighted by atomic mass is 10.2. The number of carbonyl (C=O) groups is 2. The number of halogens is 4. The molecule has 1 aliphatic heterocycles. The number of alkyl halides is 3. The fraction of sp³-hybridized carbons (Fsp3) is 0.0909. The van der Waals surface area contributed by atoms with Crippen LogP contribution in [0.1, 0.15) is 5.56 Å². The summed E-state index contributed by atoms with van der Waals surface area (Å²) in [6, 6.07) is 2.55. The van der Waals surface area contributed by atoms with E-state index in [0.29, 0.717) is 11.0 Å². The van der Waals surface area contributed by atoms with Gasteiger partial charge in [-0.1, -0.05) is 11.6 Å². The molecule has 18 heavy (non-hydrogen) atoms. The number of rotatable bonds is 1. The summed E-state index contributed by atoms with van der Waals surface area (Å²) in [4.78, 5) is 23.3. The molecule has 1 heterocycles. The molecule has 1 aromatic rings. The maximum absolute atomic E-state index is 12.6. The summed E-state index contributed by atoms with van der Waals surface area (Å²) >= 11 is 5.56. The van der Waals surface area contributed by atoms with Crippen molar-refractivity contribution in [1.82, 2.24) is 0 Å². The highest BCUT2D eigenvalue weighted by atomic mass is 35.5. The first-order valence-corrected chi connectivity index (χ1v) is 5.11. The molecular formula is C11H5ClF3NO2. The number of anilines is 1. The van der Waals surface area contributed by atoms with Crippen LogP contribution >= 0.6 is 11.6 Å². The van der Waals surface area contributed by atoms with E-state index in [1.807, 2.05) is 0 Å². The number of benzene rings is 1. The van der Waals surface area contributed by atoms with Crippen molar-refractivity contribution in [1.29, 1.82) is 0 Å². The molecule has 0 saturated heterocycles. The van der Waals surface area contributed by atoms with Gasteiger partial charge in [-0.3, -0.25) is 9.59 Å². The first kappa shape index (κ1) is 12.6. The number of hydrogen-bond donors (Lipinski definition) is 0. The Bertz CT molecular complexity index is 548. The molecule has 0 fully saturated rings. The van der Waals surface area contributed by atoms with Crippen LogP contribution < -0.4 is 4.90 Å². The second-order valence-electron chi connectivity index (χ2n) is 3.54. The van der Waals surface area contributed by atoms with Crippen LogP contribution in [0.2, 0.25) is 5.02 Å². The second kappa shape index (κ2) is 4.13. The molecule has 7 heteroatoms. The van der Waals surface area contributed by atoms with E-state index in [2.05, 4.69) is 0 Å². The number of hydrogen-bond acceptors (Lipinski definition) is 2. The van der Waals surface area contributed by atoms with E-state index in [9.17, 15) is 22.8 Å². The van der Waals surface area contributed by atoms with Gasteiger partial charge in [0.25, 0.3) is 11.8 Å². The molecule has 0 aliphatic carbocycles. The highest BCUT2D eigenvalue weighted by molar-refractivity contribution is 6.32. The average molecular weight is 276 g/mol. The number of amides is 2. The minimum atomic E-state index is -4.60. The lowest BCUT2D eigenvalue weighted by Gasteiger charge is -2.16. The number of nitrogens with zero attached hydrogens (tertiary/aromatic N) is 1. The molecule has 0 aromatic heterocycles. The molecule has 0 spiro atoms. The molecule has 0 unspecified atom stereocenters. The lowest BCUT2D eigenvalue weighted by molar-refractivity contribution is -0.137. The van der Waals surface area contributed by atoms with Crippen molar-refractivity contribution in [2.45, 2.75) is 6.18 Å². The number of imide groups is 1. The van der Waals surface area contributed by atoms with E-state index in [1.165, 1.54) is 0 Å². The van der Waals surface area contributed by atoms with E-state index in [-0.39, 0.29) is 10.7 Å². The van der Waals surface area contributed by atoms with Crippen molar-refractivity contribution in [3.8, 4) is 0 Å². The Hall–Kier alpha value is -1.82. The van der Waals surface area contributed by atoms with Gasteiger partial charge in [0.2, 0.25) is 0 Å². The molecule has 94 valence electrons. The number of carbonyl (C=O) groups excluding carboxylic acids is 2. The van der Waals surface area contributed by atoms with E-state index in [4.69, 9.17) is 11.6 Å². The first-order valence-electron chi connectivity index (χ1n) is 4.73. The fourth-order valence-electron chi connectivity index (χ4n) is 1.52. The molecular weight excluding hydrogens is 271 g/mol. The molecule has 0 atom stereocenters.